The molecule has 2 aromatic carbocycles. The fourth-order valence-electron chi connectivity index (χ4n) is 4.50. The van der Waals surface area contributed by atoms with E-state index in [1.54, 1.807) is 21.6 Å². The van der Waals surface area contributed by atoms with Crippen molar-refractivity contribution in [3.8, 4) is 0 Å². The van der Waals surface area contributed by atoms with Gasteiger partial charge in [-0.05, 0) is 38.8 Å². The maximum atomic E-state index is 5.94. The molecular weight excluding hydrogens is 512 g/mol. The number of rotatable bonds is 11. The standard InChI is InChI=1S/C30H38N4O2S2/c1-5-35-29-26(18-24-15-11-8-12-16-24)31-22(4)27(34-29)19-37-38-20-28-30(36-6-2)33-25(21(3)32-28)17-23-13-9-7-10-14-23/h7-16,25-28H,5-6,17-20H2,1-4H3/t25-,26-,27-,28+/m1/s1. The first-order chi connectivity index (χ1) is 18.6. The van der Waals surface area contributed by atoms with E-state index in [1.165, 1.54) is 11.1 Å². The third-order valence-electron chi connectivity index (χ3n) is 6.48. The number of ether oxygens (including phenoxy) is 2. The van der Waals surface area contributed by atoms with Crippen LogP contribution in [0, 0.1) is 0 Å². The van der Waals surface area contributed by atoms with Gasteiger partial charge in [-0.3, -0.25) is 9.98 Å². The van der Waals surface area contributed by atoms with E-state index in [2.05, 4.69) is 62.4 Å². The first-order valence-corrected chi connectivity index (χ1v) is 15.9. The summed E-state index contributed by atoms with van der Waals surface area (Å²) in [5.41, 5.74) is 4.64. The fraction of sp³-hybridized carbons (Fsp3) is 0.467. The molecular formula is C30H38N4O2S2. The summed E-state index contributed by atoms with van der Waals surface area (Å²) in [6.45, 7) is 9.36. The quantitative estimate of drug-likeness (QED) is 0.249. The predicted molar refractivity (Wildman–Crippen MR) is 165 cm³/mol. The second-order valence-corrected chi connectivity index (χ2v) is 11.9. The van der Waals surface area contributed by atoms with Crippen LogP contribution in [-0.2, 0) is 22.3 Å². The zero-order chi connectivity index (χ0) is 26.7. The van der Waals surface area contributed by atoms with Gasteiger partial charge in [-0.15, -0.1) is 0 Å². The topological polar surface area (TPSA) is 67.9 Å². The van der Waals surface area contributed by atoms with Crippen LogP contribution < -0.4 is 0 Å². The lowest BCUT2D eigenvalue weighted by molar-refractivity contribution is 0.307. The molecule has 0 bridgehead atoms. The van der Waals surface area contributed by atoms with E-state index in [-0.39, 0.29) is 24.2 Å². The van der Waals surface area contributed by atoms with E-state index < -0.39 is 0 Å². The van der Waals surface area contributed by atoms with E-state index in [0.717, 1.165) is 47.6 Å². The molecule has 2 heterocycles. The molecule has 4 atom stereocenters. The van der Waals surface area contributed by atoms with Gasteiger partial charge >= 0.3 is 0 Å². The zero-order valence-corrected chi connectivity index (χ0v) is 24.4. The van der Waals surface area contributed by atoms with Crippen LogP contribution in [0.15, 0.2) is 80.6 Å². The number of nitrogens with zero attached hydrogens (tertiary/aromatic N) is 4. The van der Waals surface area contributed by atoms with E-state index in [4.69, 9.17) is 29.4 Å². The number of aliphatic imine (C=N–C) groups is 4. The van der Waals surface area contributed by atoms with Gasteiger partial charge in [-0.1, -0.05) is 82.3 Å². The van der Waals surface area contributed by atoms with Crippen molar-refractivity contribution >= 4 is 44.8 Å². The largest absolute Gasteiger partial charge is 0.480 e. The minimum Gasteiger partial charge on any atom is -0.480 e. The van der Waals surface area contributed by atoms with Crippen molar-refractivity contribution in [2.45, 2.75) is 64.7 Å². The number of benzene rings is 2. The van der Waals surface area contributed by atoms with Crippen molar-refractivity contribution in [1.29, 1.82) is 0 Å². The summed E-state index contributed by atoms with van der Waals surface area (Å²) in [6, 6.07) is 20.8. The molecule has 0 aromatic heterocycles. The normalized spacial score (nSPS) is 23.2. The maximum Gasteiger partial charge on any atom is 0.210 e. The lowest BCUT2D eigenvalue weighted by Gasteiger charge is -2.26. The average molecular weight is 551 g/mol. The van der Waals surface area contributed by atoms with Crippen molar-refractivity contribution in [2.75, 3.05) is 24.7 Å². The second-order valence-electron chi connectivity index (χ2n) is 9.35. The Morgan fingerprint density at radius 2 is 1.03 bits per heavy atom. The van der Waals surface area contributed by atoms with Gasteiger partial charge in [0, 0.05) is 35.8 Å². The minimum atomic E-state index is -0.0571. The molecule has 0 N–H and O–H groups in total. The van der Waals surface area contributed by atoms with Gasteiger partial charge in [0.2, 0.25) is 11.8 Å². The Kier molecular flexibility index (Phi) is 10.9. The molecule has 6 nitrogen and oxygen atoms in total. The third-order valence-corrected chi connectivity index (χ3v) is 8.87. The summed E-state index contributed by atoms with van der Waals surface area (Å²) in [5, 5.41) is 0. The van der Waals surface area contributed by atoms with Gasteiger partial charge in [0.15, 0.2) is 0 Å². The summed E-state index contributed by atoms with van der Waals surface area (Å²) >= 11 is 0. The van der Waals surface area contributed by atoms with Gasteiger partial charge in [0.05, 0.1) is 19.3 Å². The molecule has 0 aliphatic carbocycles. The molecule has 0 amide bonds. The van der Waals surface area contributed by atoms with Gasteiger partial charge < -0.3 is 9.47 Å². The van der Waals surface area contributed by atoms with Crippen molar-refractivity contribution in [2.24, 2.45) is 20.0 Å². The molecule has 0 unspecified atom stereocenters. The van der Waals surface area contributed by atoms with Crippen LogP contribution in [0.2, 0.25) is 0 Å². The lowest BCUT2D eigenvalue weighted by atomic mass is 10.0. The van der Waals surface area contributed by atoms with Crippen molar-refractivity contribution in [1.82, 2.24) is 0 Å². The Bertz CT molecular complexity index is 1150. The molecule has 8 heteroatoms. The molecule has 0 saturated heterocycles. The molecule has 202 valence electrons. The van der Waals surface area contributed by atoms with E-state index in [9.17, 15) is 0 Å². The number of hydrogen-bond donors (Lipinski definition) is 0. The lowest BCUT2D eigenvalue weighted by Crippen LogP contribution is -2.36. The smallest absolute Gasteiger partial charge is 0.210 e. The summed E-state index contributed by atoms with van der Waals surface area (Å²) in [5.74, 6) is 3.14. The van der Waals surface area contributed by atoms with Gasteiger partial charge in [-0.25, -0.2) is 9.98 Å². The summed E-state index contributed by atoms with van der Waals surface area (Å²) < 4.78 is 11.9. The van der Waals surface area contributed by atoms with Gasteiger partial charge in [-0.2, -0.15) is 0 Å². The summed E-state index contributed by atoms with van der Waals surface area (Å²) in [6.07, 6.45) is 1.64. The monoisotopic (exact) mass is 550 g/mol. The maximum absolute atomic E-state index is 5.94. The SMILES string of the molecule is CCOC1=N[C@H](Cc2ccccc2)C(C)=N[C@H]1CSSC[C@H]1N=C(OCC)[C@@H](Cc2ccccc2)N=C1C. The zero-order valence-electron chi connectivity index (χ0n) is 22.7. The van der Waals surface area contributed by atoms with Crippen molar-refractivity contribution in [3.63, 3.8) is 0 Å². The first kappa shape index (κ1) is 28.4. The van der Waals surface area contributed by atoms with Crippen molar-refractivity contribution < 1.29 is 9.47 Å². The third kappa shape index (κ3) is 7.96. The Balaban J connectivity index is 1.32. The van der Waals surface area contributed by atoms with E-state index in [1.807, 2.05) is 26.0 Å². The summed E-state index contributed by atoms with van der Waals surface area (Å²) in [4.78, 5) is 19.9. The molecule has 4 rings (SSSR count). The van der Waals surface area contributed by atoms with Crippen LogP contribution in [0.3, 0.4) is 0 Å². The highest BCUT2D eigenvalue weighted by Gasteiger charge is 2.28. The second kappa shape index (κ2) is 14.5. The van der Waals surface area contributed by atoms with Crippen LogP contribution in [0.5, 0.6) is 0 Å². The highest BCUT2D eigenvalue weighted by Crippen LogP contribution is 2.28. The van der Waals surface area contributed by atoms with E-state index in [0.29, 0.717) is 13.2 Å². The van der Waals surface area contributed by atoms with Crippen LogP contribution in [-0.4, -0.2) is 72.1 Å². The van der Waals surface area contributed by atoms with E-state index >= 15 is 0 Å². The highest BCUT2D eigenvalue weighted by molar-refractivity contribution is 8.76. The number of hydrogen-bond acceptors (Lipinski definition) is 8. The Morgan fingerprint density at radius 1 is 0.579 bits per heavy atom. The fourth-order valence-corrected chi connectivity index (χ4v) is 6.83. The van der Waals surface area contributed by atoms with Gasteiger partial charge in [0.25, 0.3) is 0 Å². The molecule has 38 heavy (non-hydrogen) atoms. The minimum absolute atomic E-state index is 0.0212. The Labute approximate surface area is 235 Å². The van der Waals surface area contributed by atoms with Crippen LogP contribution >= 0.6 is 21.6 Å². The molecule has 0 fully saturated rings. The molecule has 2 aliphatic rings. The van der Waals surface area contributed by atoms with Crippen LogP contribution in [0.25, 0.3) is 0 Å². The Morgan fingerprint density at radius 3 is 1.61 bits per heavy atom. The highest BCUT2D eigenvalue weighted by atomic mass is 33.1. The van der Waals surface area contributed by atoms with Crippen LogP contribution in [0.1, 0.15) is 38.8 Å². The predicted octanol–water partition coefficient (Wildman–Crippen LogP) is 6.15. The molecule has 2 aromatic rings. The first-order valence-electron chi connectivity index (χ1n) is 13.4. The van der Waals surface area contributed by atoms with Crippen LogP contribution in [0.4, 0.5) is 0 Å². The molecule has 0 saturated carbocycles. The van der Waals surface area contributed by atoms with Gasteiger partial charge in [0.1, 0.15) is 18.1 Å². The van der Waals surface area contributed by atoms with Crippen molar-refractivity contribution in [3.05, 3.63) is 71.8 Å². The molecule has 0 spiro atoms. The summed E-state index contributed by atoms with van der Waals surface area (Å²) in [7, 11) is 3.59. The molecule has 0 radical (unpaired) electrons. The molecule has 2 aliphatic heterocycles. The Hall–Kier alpha value is -2.58. The average Bonchev–Trinajstić information content (AvgIpc) is 2.92.